The Morgan fingerprint density at radius 2 is 2.09 bits per heavy atom. The summed E-state index contributed by atoms with van der Waals surface area (Å²) in [6.45, 7) is 5.44. The van der Waals surface area contributed by atoms with Crippen LogP contribution in [0.2, 0.25) is 0 Å². The highest BCUT2D eigenvalue weighted by Crippen LogP contribution is 2.33. The number of β-amino-alcohol motifs (C(OH)–C–C–N with tert-alkyl or cyclic N) is 1. The minimum atomic E-state index is -0.433. The summed E-state index contributed by atoms with van der Waals surface area (Å²) >= 11 is 0. The lowest BCUT2D eigenvalue weighted by Gasteiger charge is -2.41. The van der Waals surface area contributed by atoms with Crippen LogP contribution < -0.4 is 0 Å². The first-order valence-corrected chi connectivity index (χ1v) is 8.95. The molecule has 1 aromatic heterocycles. The second kappa shape index (κ2) is 6.71. The van der Waals surface area contributed by atoms with E-state index < -0.39 is 5.60 Å². The van der Waals surface area contributed by atoms with Gasteiger partial charge in [-0.25, -0.2) is 4.98 Å². The van der Waals surface area contributed by atoms with Gasteiger partial charge in [0.15, 0.2) is 0 Å². The van der Waals surface area contributed by atoms with Gasteiger partial charge >= 0.3 is 0 Å². The highest BCUT2D eigenvalue weighted by molar-refractivity contribution is 4.95. The van der Waals surface area contributed by atoms with Crippen molar-refractivity contribution in [2.75, 3.05) is 19.6 Å². The maximum atomic E-state index is 10.9. The minimum Gasteiger partial charge on any atom is -0.389 e. The molecule has 2 aliphatic rings. The Kier molecular flexibility index (Phi) is 4.88. The third-order valence-electron chi connectivity index (χ3n) is 5.72. The second-order valence-electron chi connectivity index (χ2n) is 7.81. The summed E-state index contributed by atoms with van der Waals surface area (Å²) in [6, 6.07) is 0. The molecule has 22 heavy (non-hydrogen) atoms. The molecule has 1 atom stereocenters. The second-order valence-corrected chi connectivity index (χ2v) is 7.81. The summed E-state index contributed by atoms with van der Waals surface area (Å²) < 4.78 is 2.13. The SMILES string of the molecule is CC1CCC(O)(CN2CCC[C@H](Cc3nccn3C)C2)CC1. The van der Waals surface area contributed by atoms with Crippen LogP contribution in [0.5, 0.6) is 0 Å². The summed E-state index contributed by atoms with van der Waals surface area (Å²) in [5, 5.41) is 10.9. The quantitative estimate of drug-likeness (QED) is 0.929. The fourth-order valence-electron chi connectivity index (χ4n) is 4.19. The third-order valence-corrected chi connectivity index (χ3v) is 5.72. The molecule has 0 unspecified atom stereocenters. The van der Waals surface area contributed by atoms with E-state index in [1.807, 2.05) is 12.4 Å². The largest absolute Gasteiger partial charge is 0.389 e. The molecule has 1 saturated carbocycles. The van der Waals surface area contributed by atoms with Crippen LogP contribution in [0.1, 0.15) is 51.3 Å². The van der Waals surface area contributed by atoms with E-state index in [0.717, 1.165) is 44.8 Å². The molecule has 0 spiro atoms. The zero-order chi connectivity index (χ0) is 15.6. The summed E-state index contributed by atoms with van der Waals surface area (Å²) in [5.41, 5.74) is -0.433. The van der Waals surface area contributed by atoms with E-state index in [4.69, 9.17) is 0 Å². The van der Waals surface area contributed by atoms with Crippen LogP contribution in [0, 0.1) is 11.8 Å². The zero-order valence-corrected chi connectivity index (χ0v) is 14.2. The van der Waals surface area contributed by atoms with Crippen molar-refractivity contribution in [1.29, 1.82) is 0 Å². The van der Waals surface area contributed by atoms with Crippen molar-refractivity contribution in [1.82, 2.24) is 14.5 Å². The van der Waals surface area contributed by atoms with E-state index in [0.29, 0.717) is 5.92 Å². The Balaban J connectivity index is 1.53. The number of aromatic nitrogens is 2. The number of hydrogen-bond donors (Lipinski definition) is 1. The van der Waals surface area contributed by atoms with Crippen molar-refractivity contribution in [3.8, 4) is 0 Å². The lowest BCUT2D eigenvalue weighted by Crippen LogP contribution is -2.48. The zero-order valence-electron chi connectivity index (χ0n) is 14.2. The van der Waals surface area contributed by atoms with Crippen molar-refractivity contribution in [3.63, 3.8) is 0 Å². The summed E-state index contributed by atoms with van der Waals surface area (Å²) in [6.07, 6.45) is 11.9. The van der Waals surface area contributed by atoms with Gasteiger partial charge in [0.05, 0.1) is 5.60 Å². The van der Waals surface area contributed by atoms with Crippen LogP contribution in [0.4, 0.5) is 0 Å². The Morgan fingerprint density at radius 1 is 1.32 bits per heavy atom. The van der Waals surface area contributed by atoms with Crippen molar-refractivity contribution < 1.29 is 5.11 Å². The van der Waals surface area contributed by atoms with Gasteiger partial charge in [-0.05, 0) is 56.9 Å². The van der Waals surface area contributed by atoms with Gasteiger partial charge in [0.2, 0.25) is 0 Å². The molecule has 1 aliphatic heterocycles. The number of aliphatic hydroxyl groups is 1. The molecule has 1 aromatic rings. The molecule has 1 saturated heterocycles. The highest BCUT2D eigenvalue weighted by atomic mass is 16.3. The van der Waals surface area contributed by atoms with E-state index in [2.05, 4.69) is 28.4 Å². The molecule has 2 heterocycles. The minimum absolute atomic E-state index is 0.433. The molecule has 0 amide bonds. The van der Waals surface area contributed by atoms with Crippen LogP contribution in [-0.4, -0.2) is 44.8 Å². The van der Waals surface area contributed by atoms with Gasteiger partial charge in [0.25, 0.3) is 0 Å². The maximum Gasteiger partial charge on any atom is 0.108 e. The lowest BCUT2D eigenvalue weighted by atomic mass is 9.79. The van der Waals surface area contributed by atoms with Crippen molar-refractivity contribution in [3.05, 3.63) is 18.2 Å². The molecule has 4 heteroatoms. The fourth-order valence-corrected chi connectivity index (χ4v) is 4.19. The van der Waals surface area contributed by atoms with Crippen LogP contribution in [-0.2, 0) is 13.5 Å². The van der Waals surface area contributed by atoms with Crippen molar-refractivity contribution in [2.24, 2.45) is 18.9 Å². The average Bonchev–Trinajstić information content (AvgIpc) is 2.88. The summed E-state index contributed by atoms with van der Waals surface area (Å²) in [7, 11) is 2.08. The number of aryl methyl sites for hydroxylation is 1. The van der Waals surface area contributed by atoms with Crippen LogP contribution in [0.25, 0.3) is 0 Å². The van der Waals surface area contributed by atoms with Crippen molar-refractivity contribution >= 4 is 0 Å². The predicted octanol–water partition coefficient (Wildman–Crippen LogP) is 2.62. The van der Waals surface area contributed by atoms with Crippen LogP contribution >= 0.6 is 0 Å². The highest BCUT2D eigenvalue weighted by Gasteiger charge is 2.34. The van der Waals surface area contributed by atoms with Gasteiger partial charge in [0.1, 0.15) is 5.82 Å². The third kappa shape index (κ3) is 3.90. The van der Waals surface area contributed by atoms with Gasteiger partial charge in [0, 0.05) is 39.0 Å². The molecular weight excluding hydrogens is 274 g/mol. The van der Waals surface area contributed by atoms with E-state index in [1.165, 1.54) is 31.5 Å². The topological polar surface area (TPSA) is 41.3 Å². The van der Waals surface area contributed by atoms with Gasteiger partial charge in [-0.3, -0.25) is 0 Å². The Morgan fingerprint density at radius 3 is 2.77 bits per heavy atom. The first kappa shape index (κ1) is 16.0. The van der Waals surface area contributed by atoms with E-state index in [-0.39, 0.29) is 0 Å². The average molecular weight is 305 g/mol. The summed E-state index contributed by atoms with van der Waals surface area (Å²) in [5.74, 6) is 2.66. The predicted molar refractivity (Wildman–Crippen MR) is 88.7 cm³/mol. The molecule has 3 rings (SSSR count). The van der Waals surface area contributed by atoms with E-state index >= 15 is 0 Å². The number of hydrogen-bond acceptors (Lipinski definition) is 3. The Hall–Kier alpha value is -0.870. The smallest absolute Gasteiger partial charge is 0.108 e. The molecule has 4 nitrogen and oxygen atoms in total. The molecule has 0 radical (unpaired) electrons. The number of rotatable bonds is 4. The van der Waals surface area contributed by atoms with Crippen LogP contribution in [0.3, 0.4) is 0 Å². The van der Waals surface area contributed by atoms with Gasteiger partial charge < -0.3 is 14.6 Å². The fraction of sp³-hybridized carbons (Fsp3) is 0.833. The van der Waals surface area contributed by atoms with Gasteiger partial charge in [-0.1, -0.05) is 6.92 Å². The van der Waals surface area contributed by atoms with E-state index in [9.17, 15) is 5.11 Å². The maximum absolute atomic E-state index is 10.9. The molecule has 1 aliphatic carbocycles. The van der Waals surface area contributed by atoms with E-state index in [1.54, 1.807) is 0 Å². The standard InChI is InChI=1S/C18H31N3O/c1-15-5-7-18(22,8-6-15)14-21-10-3-4-16(13-21)12-17-19-9-11-20(17)2/h9,11,15-16,22H,3-8,10,12-14H2,1-2H3/t15?,16-,18?/m1/s1. The molecule has 0 aromatic carbocycles. The lowest BCUT2D eigenvalue weighted by molar-refractivity contribution is -0.0424. The Labute approximate surface area is 134 Å². The van der Waals surface area contributed by atoms with Gasteiger partial charge in [-0.15, -0.1) is 0 Å². The summed E-state index contributed by atoms with van der Waals surface area (Å²) in [4.78, 5) is 6.97. The Bertz CT molecular complexity index is 476. The molecular formula is C18H31N3O. The van der Waals surface area contributed by atoms with Gasteiger partial charge in [-0.2, -0.15) is 0 Å². The first-order valence-electron chi connectivity index (χ1n) is 8.95. The number of nitrogens with zero attached hydrogens (tertiary/aromatic N) is 3. The first-order chi connectivity index (χ1) is 10.5. The molecule has 0 bridgehead atoms. The molecule has 124 valence electrons. The molecule has 1 N–H and O–H groups in total. The monoisotopic (exact) mass is 305 g/mol. The number of piperidine rings is 1. The normalized spacial score (nSPS) is 34.0. The van der Waals surface area contributed by atoms with Crippen molar-refractivity contribution in [2.45, 2.75) is 57.5 Å². The molecule has 2 fully saturated rings. The van der Waals surface area contributed by atoms with Crippen LogP contribution in [0.15, 0.2) is 12.4 Å². The number of likely N-dealkylation sites (tertiary alicyclic amines) is 1. The number of imidazole rings is 1.